The van der Waals surface area contributed by atoms with E-state index in [1.807, 2.05) is 0 Å². The molecular formula is C14H11FN4O2. The maximum absolute atomic E-state index is 12.9. The van der Waals surface area contributed by atoms with Crippen LogP contribution in [0.1, 0.15) is 10.4 Å². The molecule has 1 aromatic carbocycles. The Bertz CT molecular complexity index is 805. The molecule has 2 heterocycles. The topological polar surface area (TPSA) is 72.9 Å². The van der Waals surface area contributed by atoms with Gasteiger partial charge in [0.05, 0.1) is 23.8 Å². The van der Waals surface area contributed by atoms with Crippen molar-refractivity contribution in [1.82, 2.24) is 19.6 Å². The average molecular weight is 286 g/mol. The fourth-order valence-corrected chi connectivity index (χ4v) is 2.12. The lowest BCUT2D eigenvalue weighted by Crippen LogP contribution is -2.00. The highest BCUT2D eigenvalue weighted by Crippen LogP contribution is 2.23. The van der Waals surface area contributed by atoms with Crippen molar-refractivity contribution in [2.45, 2.75) is 0 Å². The Morgan fingerprint density at radius 3 is 2.57 bits per heavy atom. The van der Waals surface area contributed by atoms with Crippen LogP contribution in [0.2, 0.25) is 0 Å². The Balaban J connectivity index is 2.05. The van der Waals surface area contributed by atoms with Crippen LogP contribution in [0.3, 0.4) is 0 Å². The molecule has 1 N–H and O–H groups in total. The van der Waals surface area contributed by atoms with E-state index in [9.17, 15) is 14.3 Å². The van der Waals surface area contributed by atoms with E-state index in [4.69, 9.17) is 0 Å². The van der Waals surface area contributed by atoms with Crippen molar-refractivity contribution in [3.63, 3.8) is 0 Å². The predicted octanol–water partition coefficient (Wildman–Crippen LogP) is 2.11. The number of benzene rings is 1. The van der Waals surface area contributed by atoms with Crippen molar-refractivity contribution in [3.05, 3.63) is 54.2 Å². The summed E-state index contributed by atoms with van der Waals surface area (Å²) < 4.78 is 15.9. The molecule has 0 amide bonds. The van der Waals surface area contributed by atoms with E-state index in [0.717, 1.165) is 0 Å². The third-order valence-electron chi connectivity index (χ3n) is 3.12. The number of rotatable bonds is 3. The molecule has 0 bridgehead atoms. The van der Waals surface area contributed by atoms with Gasteiger partial charge < -0.3 is 5.11 Å². The summed E-state index contributed by atoms with van der Waals surface area (Å²) in [6, 6.07) is 5.85. The Morgan fingerprint density at radius 2 is 1.90 bits per heavy atom. The summed E-state index contributed by atoms with van der Waals surface area (Å²) in [5.41, 5.74) is 1.88. The first kappa shape index (κ1) is 13.0. The zero-order chi connectivity index (χ0) is 15.0. The van der Waals surface area contributed by atoms with Crippen LogP contribution in [0.5, 0.6) is 0 Å². The molecule has 0 radical (unpaired) electrons. The van der Waals surface area contributed by atoms with E-state index in [1.54, 1.807) is 36.3 Å². The molecule has 0 saturated heterocycles. The summed E-state index contributed by atoms with van der Waals surface area (Å²) in [5.74, 6) is -1.38. The first-order valence-electron chi connectivity index (χ1n) is 6.12. The smallest absolute Gasteiger partial charge is 0.339 e. The summed E-state index contributed by atoms with van der Waals surface area (Å²) in [4.78, 5) is 11.2. The molecule has 7 heteroatoms. The molecule has 0 spiro atoms. The van der Waals surface area contributed by atoms with E-state index >= 15 is 0 Å². The van der Waals surface area contributed by atoms with E-state index in [0.29, 0.717) is 16.9 Å². The van der Waals surface area contributed by atoms with Crippen LogP contribution in [-0.4, -0.2) is 30.6 Å². The van der Waals surface area contributed by atoms with Crippen LogP contribution in [-0.2, 0) is 7.05 Å². The van der Waals surface area contributed by atoms with Crippen LogP contribution >= 0.6 is 0 Å². The number of aromatic carboxylic acids is 1. The lowest BCUT2D eigenvalue weighted by atomic mass is 10.1. The van der Waals surface area contributed by atoms with E-state index in [-0.39, 0.29) is 11.4 Å². The van der Waals surface area contributed by atoms with Crippen molar-refractivity contribution in [2.75, 3.05) is 0 Å². The summed E-state index contributed by atoms with van der Waals surface area (Å²) in [5, 5.41) is 17.3. The second-order valence-electron chi connectivity index (χ2n) is 4.49. The molecular weight excluding hydrogens is 275 g/mol. The van der Waals surface area contributed by atoms with Crippen molar-refractivity contribution < 1.29 is 14.3 Å². The third-order valence-corrected chi connectivity index (χ3v) is 3.12. The fraction of sp³-hybridized carbons (Fsp3) is 0.0714. The number of aryl methyl sites for hydroxylation is 1. The average Bonchev–Trinajstić information content (AvgIpc) is 3.05. The Morgan fingerprint density at radius 1 is 1.19 bits per heavy atom. The minimum atomic E-state index is -1.05. The predicted molar refractivity (Wildman–Crippen MR) is 72.7 cm³/mol. The molecule has 3 aromatic rings. The van der Waals surface area contributed by atoms with Gasteiger partial charge >= 0.3 is 5.97 Å². The number of halogens is 1. The van der Waals surface area contributed by atoms with Gasteiger partial charge in [0, 0.05) is 18.8 Å². The van der Waals surface area contributed by atoms with Gasteiger partial charge in [-0.2, -0.15) is 10.2 Å². The molecule has 106 valence electrons. The van der Waals surface area contributed by atoms with Crippen LogP contribution in [0.15, 0.2) is 42.9 Å². The van der Waals surface area contributed by atoms with Crippen LogP contribution in [0, 0.1) is 5.82 Å². The summed E-state index contributed by atoms with van der Waals surface area (Å²) in [6.45, 7) is 0. The quantitative estimate of drug-likeness (QED) is 0.800. The zero-order valence-corrected chi connectivity index (χ0v) is 11.1. The number of carboxylic acid groups (broad SMARTS) is 1. The van der Waals surface area contributed by atoms with Crippen molar-refractivity contribution in [2.24, 2.45) is 7.05 Å². The number of hydrogen-bond acceptors (Lipinski definition) is 3. The first-order valence-corrected chi connectivity index (χ1v) is 6.12. The summed E-state index contributed by atoms with van der Waals surface area (Å²) in [6.07, 6.45) is 4.52. The maximum Gasteiger partial charge on any atom is 0.339 e. The van der Waals surface area contributed by atoms with E-state index in [1.165, 1.54) is 23.0 Å². The van der Waals surface area contributed by atoms with Gasteiger partial charge in [0.1, 0.15) is 11.4 Å². The summed E-state index contributed by atoms with van der Waals surface area (Å²) in [7, 11) is 1.66. The van der Waals surface area contributed by atoms with Crippen LogP contribution in [0.4, 0.5) is 4.39 Å². The van der Waals surface area contributed by atoms with Crippen molar-refractivity contribution >= 4 is 5.97 Å². The van der Waals surface area contributed by atoms with Gasteiger partial charge in [-0.1, -0.05) is 0 Å². The van der Waals surface area contributed by atoms with E-state index < -0.39 is 5.97 Å². The van der Waals surface area contributed by atoms with Gasteiger partial charge in [0.25, 0.3) is 0 Å². The second kappa shape index (κ2) is 4.86. The molecule has 0 aliphatic rings. The van der Waals surface area contributed by atoms with Gasteiger partial charge in [-0.25, -0.2) is 13.9 Å². The highest BCUT2D eigenvalue weighted by atomic mass is 19.1. The molecule has 0 saturated carbocycles. The van der Waals surface area contributed by atoms with Gasteiger partial charge in [-0.15, -0.1) is 0 Å². The molecule has 0 fully saturated rings. The van der Waals surface area contributed by atoms with Crippen molar-refractivity contribution in [3.8, 4) is 16.9 Å². The van der Waals surface area contributed by atoms with Crippen LogP contribution in [0.25, 0.3) is 16.9 Å². The molecule has 0 aliphatic carbocycles. The highest BCUT2D eigenvalue weighted by molar-refractivity contribution is 5.94. The third kappa shape index (κ3) is 2.29. The van der Waals surface area contributed by atoms with E-state index in [2.05, 4.69) is 10.2 Å². The maximum atomic E-state index is 12.9. The summed E-state index contributed by atoms with van der Waals surface area (Å²) >= 11 is 0. The SMILES string of the molecule is Cn1ncc(C(=O)O)c1-c1cnn(-c2ccc(F)cc2)c1. The molecule has 0 atom stereocenters. The number of aromatic nitrogens is 4. The lowest BCUT2D eigenvalue weighted by molar-refractivity contribution is 0.0697. The minimum Gasteiger partial charge on any atom is -0.478 e. The highest BCUT2D eigenvalue weighted by Gasteiger charge is 2.18. The van der Waals surface area contributed by atoms with Gasteiger partial charge in [-0.05, 0) is 24.3 Å². The fourth-order valence-electron chi connectivity index (χ4n) is 2.12. The Kier molecular flexibility index (Phi) is 3.02. The monoisotopic (exact) mass is 286 g/mol. The standard InChI is InChI=1S/C14H11FN4O2/c1-18-13(12(7-16-18)14(20)21)9-6-17-19(8-9)11-4-2-10(15)3-5-11/h2-8H,1H3,(H,20,21). The molecule has 2 aromatic heterocycles. The lowest BCUT2D eigenvalue weighted by Gasteiger charge is -2.01. The zero-order valence-electron chi connectivity index (χ0n) is 11.1. The number of carboxylic acids is 1. The molecule has 3 rings (SSSR count). The number of nitrogens with zero attached hydrogens (tertiary/aromatic N) is 4. The number of carbonyl (C=O) groups is 1. The number of hydrogen-bond donors (Lipinski definition) is 1. The largest absolute Gasteiger partial charge is 0.478 e. The first-order chi connectivity index (χ1) is 10.1. The normalized spacial score (nSPS) is 10.8. The molecule has 21 heavy (non-hydrogen) atoms. The van der Waals surface area contributed by atoms with Gasteiger partial charge in [0.15, 0.2) is 0 Å². The van der Waals surface area contributed by atoms with Gasteiger partial charge in [0.2, 0.25) is 0 Å². The molecule has 0 unspecified atom stereocenters. The molecule has 0 aliphatic heterocycles. The molecule has 6 nitrogen and oxygen atoms in total. The van der Waals surface area contributed by atoms with Gasteiger partial charge in [-0.3, -0.25) is 4.68 Å². The van der Waals surface area contributed by atoms with Crippen LogP contribution < -0.4 is 0 Å². The Labute approximate surface area is 119 Å². The Hall–Kier alpha value is -2.96. The minimum absolute atomic E-state index is 0.108. The van der Waals surface area contributed by atoms with Crippen molar-refractivity contribution in [1.29, 1.82) is 0 Å². The second-order valence-corrected chi connectivity index (χ2v) is 4.49.